The van der Waals surface area contributed by atoms with Gasteiger partial charge in [0.05, 0.1) is 0 Å². The Morgan fingerprint density at radius 3 is 0.779 bits per heavy atom. The molecule has 0 amide bonds. The second kappa shape index (κ2) is 66.4. The predicted octanol–water partition coefficient (Wildman–Crippen LogP) is 0.406. The van der Waals surface area contributed by atoms with Gasteiger partial charge in [0.15, 0.2) is 62.4 Å². The standard InChI is InChI=1S/C13H17OS.3C8H10OS.C6H6O.3CHF3O3S.CF3.6CH4.ClH.3Na.O3S.H2O/c1-10(2)13(14)9-11-5-7-12(8-6-11)15(3)4;3*1-10(2)8-5-3-7(9)4-6-8;7-6-4-2-1-3-5-6;3*2-1(3,4)8(5,6)7;2-1(3)4;;;;;;;;;;;1-4(2)3;/h5-8H,1,9H2,2-4H3;3*3-6H,1-2H3;1-5,7H;3*(H,5,6,7);;6*1H4;1H;;;;;1H2/q+1;;;;;;;;-1;;;;;;;;3*+1;;/p-3. The van der Waals surface area contributed by atoms with E-state index in [9.17, 15) is 62.6 Å². The molecule has 5 rings (SSSR count). The molecule has 0 heterocycles. The molecular formula is C53H80ClF12Na3O18S8. The minimum Gasteiger partial charge on any atom is -1.00 e. The van der Waals surface area contributed by atoms with E-state index in [2.05, 4.69) is 68.8 Å². The summed E-state index contributed by atoms with van der Waals surface area (Å²) < 4.78 is 231. The van der Waals surface area contributed by atoms with Crippen molar-refractivity contribution in [2.24, 2.45) is 0 Å². The maximum absolute atomic E-state index is 11.4. The van der Waals surface area contributed by atoms with Crippen molar-refractivity contribution in [3.05, 3.63) is 152 Å². The minimum atomic E-state index is -6.09. The molecule has 0 unspecified atom stereocenters. The van der Waals surface area contributed by atoms with Crippen LogP contribution in [-0.2, 0) is 95.8 Å². The van der Waals surface area contributed by atoms with E-state index in [1.807, 2.05) is 54.6 Å². The fourth-order valence-electron chi connectivity index (χ4n) is 3.79. The van der Waals surface area contributed by atoms with Crippen LogP contribution in [0.1, 0.15) is 57.0 Å². The van der Waals surface area contributed by atoms with Crippen molar-refractivity contribution in [2.75, 3.05) is 50.0 Å². The van der Waals surface area contributed by atoms with Crippen molar-refractivity contribution < 1.29 is 236 Å². The first-order chi connectivity index (χ1) is 37.7. The molecule has 0 fully saturated rings. The Balaban J connectivity index is -0.0000000523. The molecule has 5 aromatic rings. The van der Waals surface area contributed by atoms with Gasteiger partial charge in [0.2, 0.25) is 0 Å². The summed E-state index contributed by atoms with van der Waals surface area (Å²) in [5.74, 6) is 1.22. The molecule has 0 bridgehead atoms. The third-order valence-electron chi connectivity index (χ3n) is 7.75. The molecule has 42 heteroatoms. The molecule has 0 saturated carbocycles. The predicted molar refractivity (Wildman–Crippen MR) is 336 cm³/mol. The van der Waals surface area contributed by atoms with Gasteiger partial charge in [-0.2, -0.15) is 39.5 Å². The third-order valence-corrected chi connectivity index (χ3v) is 14.3. The zero-order valence-electron chi connectivity index (χ0n) is 48.7. The van der Waals surface area contributed by atoms with Crippen LogP contribution in [0.15, 0.2) is 159 Å². The Morgan fingerprint density at radius 2 is 0.632 bits per heavy atom. The molecule has 0 aliphatic heterocycles. The van der Waals surface area contributed by atoms with Gasteiger partial charge in [-0.15, -0.1) is 18.4 Å². The van der Waals surface area contributed by atoms with E-state index in [4.69, 9.17) is 66.9 Å². The maximum Gasteiger partial charge on any atom is 1.00 e. The van der Waals surface area contributed by atoms with Gasteiger partial charge < -0.3 is 65.1 Å². The number of alkyl halides is 9. The van der Waals surface area contributed by atoms with Crippen LogP contribution in [0.3, 0.4) is 0 Å². The van der Waals surface area contributed by atoms with Crippen LogP contribution in [-0.4, -0.2) is 145 Å². The SMILES string of the molecule is C.C.C.C.C.C.C=C(C)C(=O)Cc1ccc([S+](C)C)cc1.C[S+](C)c1ccc(O)cc1.C[S+](C)c1ccc(O)cc1.C[S+](C)c1ccc([O-])cc1.F[C-](F)F.O=S(=O)([O-])C(F)(F)F.O=S(=O)([O-])C(F)(F)F.O=S(=O)([O-])C(F)(F)F.O=S(=O)=O.Oc1ccccc1.[Cl-].[Na+].[Na+].[Na+].[OH-]. The summed E-state index contributed by atoms with van der Waals surface area (Å²) in [4.78, 5) is 16.6. The van der Waals surface area contributed by atoms with Crippen LogP contribution in [0.2, 0.25) is 0 Å². The van der Waals surface area contributed by atoms with Gasteiger partial charge in [0.25, 0.3) is 0 Å². The molecule has 5 aromatic carbocycles. The van der Waals surface area contributed by atoms with Gasteiger partial charge >= 0.3 is 116 Å². The van der Waals surface area contributed by atoms with Crippen molar-refractivity contribution in [1.29, 1.82) is 0 Å². The summed E-state index contributed by atoms with van der Waals surface area (Å²) in [5, 5.41) is 37.2. The van der Waals surface area contributed by atoms with Crippen molar-refractivity contribution in [3.63, 3.8) is 0 Å². The molecular weight excluding hydrogens is 1510 g/mol. The van der Waals surface area contributed by atoms with Crippen molar-refractivity contribution in [1.82, 2.24) is 0 Å². The molecule has 0 spiro atoms. The summed E-state index contributed by atoms with van der Waals surface area (Å²) in [5.41, 5.74) is -15.2. The number of aromatic hydroxyl groups is 3. The number of ketones is 1. The Kier molecular flexibility index (Phi) is 92.7. The number of hydrogen-bond acceptors (Lipinski definition) is 18. The minimum absolute atomic E-state index is 0. The first-order valence-corrected chi connectivity index (χ1v) is 34.4. The number of phenols is 3. The first-order valence-electron chi connectivity index (χ1n) is 21.0. The molecule has 0 atom stereocenters. The number of Topliss-reactive ketones (excluding diaryl/α,β-unsaturated/α-hetero) is 1. The van der Waals surface area contributed by atoms with E-state index in [0.29, 0.717) is 51.0 Å². The Hall–Kier alpha value is -2.13. The van der Waals surface area contributed by atoms with Crippen LogP contribution in [0.25, 0.3) is 0 Å². The molecule has 0 aliphatic carbocycles. The van der Waals surface area contributed by atoms with Gasteiger partial charge in [0.1, 0.15) is 67.3 Å². The summed E-state index contributed by atoms with van der Waals surface area (Å²) in [6.07, 6.45) is 17.8. The quantitative estimate of drug-likeness (QED) is 0.0378. The number of halogens is 13. The number of phenolic OH excluding ortho intramolecular Hbond substituents is 3. The number of para-hydroxylation sites is 1. The third kappa shape index (κ3) is 79.1. The molecule has 0 aliphatic rings. The average molecular weight is 1590 g/mol. The second-order valence-corrected chi connectivity index (χ2v) is 28.1. The van der Waals surface area contributed by atoms with Crippen molar-refractivity contribution in [3.8, 4) is 23.0 Å². The van der Waals surface area contributed by atoms with Crippen LogP contribution < -0.4 is 106 Å². The Bertz CT molecular complexity index is 2890. The molecule has 4 N–H and O–H groups in total. The van der Waals surface area contributed by atoms with E-state index >= 15 is 0 Å². The van der Waals surface area contributed by atoms with Crippen LogP contribution in [0, 0.1) is 6.68 Å². The van der Waals surface area contributed by atoms with E-state index in [1.54, 1.807) is 67.6 Å². The summed E-state index contributed by atoms with van der Waals surface area (Å²) in [6, 6.07) is 38.7. The average Bonchev–Trinajstić information content (AvgIpc) is 3.31. The van der Waals surface area contributed by atoms with Crippen LogP contribution >= 0.6 is 0 Å². The normalized spacial score (nSPS) is 9.69. The van der Waals surface area contributed by atoms with Gasteiger partial charge in [-0.1, -0.05) is 93.6 Å². The number of hydrogen-bond donors (Lipinski definition) is 3. The molecule has 0 radical (unpaired) electrons. The van der Waals surface area contributed by atoms with Crippen molar-refractivity contribution >= 4 is 90.3 Å². The fraction of sp³-hybridized carbons (Fsp3) is 0.358. The number of allylic oxidation sites excluding steroid dienone is 1. The van der Waals surface area contributed by atoms with Crippen LogP contribution in [0.4, 0.5) is 52.7 Å². The number of carbonyl (C=O) groups is 1. The van der Waals surface area contributed by atoms with E-state index < -0.39 is 64.2 Å². The van der Waals surface area contributed by atoms with E-state index in [-0.39, 0.29) is 184 Å². The second-order valence-electron chi connectivity index (χ2n) is 15.2. The maximum atomic E-state index is 11.4. The Morgan fingerprint density at radius 1 is 0.463 bits per heavy atom. The summed E-state index contributed by atoms with van der Waals surface area (Å²) >= 11 is 0. The van der Waals surface area contributed by atoms with E-state index in [0.717, 1.165) is 5.56 Å². The topological polar surface area (TPSA) is 354 Å². The first kappa shape index (κ1) is 133. The van der Waals surface area contributed by atoms with Gasteiger partial charge in [0, 0.05) is 50.0 Å². The summed E-state index contributed by atoms with van der Waals surface area (Å²) in [6.45, 7) is 2.32. The number of rotatable bonds is 7. The number of carbonyl (C=O) groups excluding carboxylic acids is 1. The zero-order chi connectivity index (χ0) is 67.4. The molecule has 542 valence electrons. The van der Waals surface area contributed by atoms with Gasteiger partial charge in [-0.3, -0.25) is 4.79 Å². The van der Waals surface area contributed by atoms with Gasteiger partial charge in [-0.25, -0.2) is 25.3 Å². The summed E-state index contributed by atoms with van der Waals surface area (Å²) in [7, 11) is -20.2. The van der Waals surface area contributed by atoms with Gasteiger partial charge in [-0.05, 0) is 103 Å². The monoisotopic (exact) mass is 1590 g/mol. The number of benzene rings is 5. The zero-order valence-corrected chi connectivity index (χ0v) is 62.0. The molecule has 0 saturated heterocycles. The molecule has 0 aromatic heterocycles. The largest absolute Gasteiger partial charge is 1.00 e. The fourth-order valence-corrected chi connectivity index (χ4v) is 6.51. The Labute approximate surface area is 638 Å². The molecule has 95 heavy (non-hydrogen) atoms. The smallest absolute Gasteiger partial charge is 1.00 e. The molecule has 18 nitrogen and oxygen atoms in total. The van der Waals surface area contributed by atoms with E-state index in [1.165, 1.54) is 19.6 Å². The van der Waals surface area contributed by atoms with Crippen molar-refractivity contribution in [2.45, 2.75) is 94.0 Å². The van der Waals surface area contributed by atoms with Crippen LogP contribution in [0.5, 0.6) is 23.0 Å².